The van der Waals surface area contributed by atoms with E-state index in [4.69, 9.17) is 9.47 Å². The molecule has 254 valence electrons. The highest BCUT2D eigenvalue weighted by Gasteiger charge is 2.23. The Morgan fingerprint density at radius 3 is 2.21 bits per heavy atom. The maximum Gasteiger partial charge on any atom is 0.323 e. The van der Waals surface area contributed by atoms with Crippen molar-refractivity contribution in [1.29, 1.82) is 0 Å². The first-order chi connectivity index (χ1) is 22.7. The minimum Gasteiger partial charge on any atom is -0.492 e. The highest BCUT2D eigenvalue weighted by molar-refractivity contribution is 7.92. The summed E-state index contributed by atoms with van der Waals surface area (Å²) in [5, 5.41) is 7.32. The van der Waals surface area contributed by atoms with Crippen LogP contribution in [0.5, 0.6) is 17.2 Å². The summed E-state index contributed by atoms with van der Waals surface area (Å²) in [5.74, 6) is 1.53. The number of nitrogens with zero attached hydrogens (tertiary/aromatic N) is 3. The van der Waals surface area contributed by atoms with Crippen LogP contribution in [0.15, 0.2) is 66.9 Å². The lowest BCUT2D eigenvalue weighted by Gasteiger charge is -2.33. The predicted molar refractivity (Wildman–Crippen MR) is 189 cm³/mol. The zero-order chi connectivity index (χ0) is 34.6. The molecule has 3 aromatic carbocycles. The molecule has 0 bridgehead atoms. The van der Waals surface area contributed by atoms with Crippen LogP contribution in [0.25, 0.3) is 10.8 Å². The molecule has 0 unspecified atom stereocenters. The van der Waals surface area contributed by atoms with Crippen LogP contribution in [0.3, 0.4) is 0 Å². The number of carbonyl (C=O) groups excluding carboxylic acids is 2. The first kappa shape index (κ1) is 34.5. The summed E-state index contributed by atoms with van der Waals surface area (Å²) in [6.07, 6.45) is 2.78. The molecule has 0 atom stereocenters. The van der Waals surface area contributed by atoms with Crippen molar-refractivity contribution in [1.82, 2.24) is 14.8 Å². The van der Waals surface area contributed by atoms with E-state index in [-0.39, 0.29) is 22.8 Å². The van der Waals surface area contributed by atoms with Crippen LogP contribution in [-0.2, 0) is 26.8 Å². The van der Waals surface area contributed by atoms with E-state index in [2.05, 4.69) is 25.2 Å². The molecule has 4 aromatic rings. The Balaban J connectivity index is 1.35. The van der Waals surface area contributed by atoms with Crippen LogP contribution >= 0.6 is 0 Å². The van der Waals surface area contributed by atoms with Crippen molar-refractivity contribution < 1.29 is 27.5 Å². The topological polar surface area (TPSA) is 142 Å². The number of pyridine rings is 1. The van der Waals surface area contributed by atoms with Gasteiger partial charge in [-0.15, -0.1) is 0 Å². The van der Waals surface area contributed by atoms with Gasteiger partial charge >= 0.3 is 6.03 Å². The minimum absolute atomic E-state index is 0.0986. The largest absolute Gasteiger partial charge is 0.492 e. The molecule has 1 aliphatic heterocycles. The standard InChI is InChI=1S/C35H42N6O6S/c1-23(42)41-17-15-40(16-18-41)22-25-21-26(13-14-36-25)47-32-12-11-29(27-9-7-8-10-28(27)32)37-34(43)38-30-19-24(35(2,3)4)20-31(33(30)46-5)39-48(6,44)45/h7-14,19-21,39H,15-18,22H2,1-6H3,(H2,37,38,43). The Morgan fingerprint density at radius 2 is 1.56 bits per heavy atom. The first-order valence-electron chi connectivity index (χ1n) is 15.6. The van der Waals surface area contributed by atoms with Crippen LogP contribution in [0.4, 0.5) is 21.9 Å². The lowest BCUT2D eigenvalue weighted by Crippen LogP contribution is -2.47. The quantitative estimate of drug-likeness (QED) is 0.196. The predicted octanol–water partition coefficient (Wildman–Crippen LogP) is 6.01. The molecule has 0 radical (unpaired) electrons. The van der Waals surface area contributed by atoms with E-state index in [1.807, 2.05) is 56.0 Å². The van der Waals surface area contributed by atoms with Gasteiger partial charge in [-0.2, -0.15) is 0 Å². The number of sulfonamides is 1. The van der Waals surface area contributed by atoms with E-state index in [0.717, 1.165) is 41.4 Å². The summed E-state index contributed by atoms with van der Waals surface area (Å²) in [7, 11) is -2.20. The average molecular weight is 675 g/mol. The molecule has 0 saturated carbocycles. The highest BCUT2D eigenvalue weighted by Crippen LogP contribution is 2.40. The van der Waals surface area contributed by atoms with Crippen LogP contribution in [0.1, 0.15) is 39.0 Å². The second kappa shape index (κ2) is 14.1. The average Bonchev–Trinajstić information content (AvgIpc) is 3.01. The Kier molecular flexibility index (Phi) is 10.1. The second-order valence-corrected chi connectivity index (χ2v) is 14.6. The van der Waals surface area contributed by atoms with Crippen LogP contribution < -0.4 is 24.8 Å². The van der Waals surface area contributed by atoms with Crippen molar-refractivity contribution in [2.45, 2.75) is 39.7 Å². The number of hydrogen-bond acceptors (Lipinski definition) is 8. The maximum absolute atomic E-state index is 13.4. The minimum atomic E-state index is -3.62. The molecule has 3 N–H and O–H groups in total. The van der Waals surface area contributed by atoms with Gasteiger partial charge in [0.25, 0.3) is 0 Å². The number of hydrogen-bond donors (Lipinski definition) is 3. The number of aromatic nitrogens is 1. The van der Waals surface area contributed by atoms with Crippen molar-refractivity contribution in [2.24, 2.45) is 0 Å². The molecule has 3 amide bonds. The molecule has 1 fully saturated rings. The van der Waals surface area contributed by atoms with Gasteiger partial charge < -0.3 is 25.0 Å². The van der Waals surface area contributed by atoms with Gasteiger partial charge in [-0.3, -0.25) is 19.4 Å². The zero-order valence-electron chi connectivity index (χ0n) is 28.1. The monoisotopic (exact) mass is 674 g/mol. The third kappa shape index (κ3) is 8.52. The van der Waals surface area contributed by atoms with Gasteiger partial charge in [0.15, 0.2) is 5.75 Å². The molecule has 1 aromatic heterocycles. The lowest BCUT2D eigenvalue weighted by atomic mass is 9.86. The third-order valence-corrected chi connectivity index (χ3v) is 8.64. The third-order valence-electron chi connectivity index (χ3n) is 8.05. The Labute approximate surface area is 281 Å². The number of benzene rings is 3. The number of methoxy groups -OCH3 is 1. The molecule has 1 saturated heterocycles. The number of amides is 3. The van der Waals surface area contributed by atoms with Gasteiger partial charge in [0.05, 0.1) is 36.1 Å². The number of fused-ring (bicyclic) bond motifs is 1. The first-order valence-corrected chi connectivity index (χ1v) is 17.5. The van der Waals surface area contributed by atoms with Crippen molar-refractivity contribution >= 4 is 49.8 Å². The van der Waals surface area contributed by atoms with Crippen LogP contribution in [0.2, 0.25) is 0 Å². The van der Waals surface area contributed by atoms with Gasteiger partial charge in [-0.25, -0.2) is 13.2 Å². The smallest absolute Gasteiger partial charge is 0.323 e. The summed E-state index contributed by atoms with van der Waals surface area (Å²) < 4.78 is 38.6. The number of urea groups is 1. The summed E-state index contributed by atoms with van der Waals surface area (Å²) in [6.45, 7) is 11.2. The van der Waals surface area contributed by atoms with Crippen molar-refractivity contribution in [2.75, 3.05) is 54.9 Å². The van der Waals surface area contributed by atoms with E-state index in [0.29, 0.717) is 42.5 Å². The fraction of sp³-hybridized carbons (Fsp3) is 0.343. The Morgan fingerprint density at radius 1 is 0.896 bits per heavy atom. The van der Waals surface area contributed by atoms with Crippen LogP contribution in [-0.4, -0.2) is 74.7 Å². The van der Waals surface area contributed by atoms with Gasteiger partial charge in [-0.05, 0) is 41.3 Å². The number of anilines is 3. The van der Waals surface area contributed by atoms with E-state index in [1.165, 1.54) is 7.11 Å². The zero-order valence-corrected chi connectivity index (χ0v) is 28.9. The summed E-state index contributed by atoms with van der Waals surface area (Å²) in [6, 6.07) is 17.8. The van der Waals surface area contributed by atoms with Gasteiger partial charge in [0.1, 0.15) is 11.5 Å². The number of ether oxygens (including phenoxy) is 2. The molecule has 1 aliphatic rings. The Hall–Kier alpha value is -4.88. The summed E-state index contributed by atoms with van der Waals surface area (Å²) >= 11 is 0. The van der Waals surface area contributed by atoms with Crippen LogP contribution in [0, 0.1) is 0 Å². The van der Waals surface area contributed by atoms with Gasteiger partial charge in [-0.1, -0.05) is 45.0 Å². The SMILES string of the molecule is COc1c(NC(=O)Nc2ccc(Oc3ccnc(CN4CCN(C(C)=O)CC4)c3)c3ccccc23)cc(C(C)(C)C)cc1NS(C)(=O)=O. The summed E-state index contributed by atoms with van der Waals surface area (Å²) in [4.78, 5) is 33.7. The van der Waals surface area contributed by atoms with Crippen molar-refractivity contribution in [3.63, 3.8) is 0 Å². The Bertz CT molecular complexity index is 1930. The van der Waals surface area contributed by atoms with Crippen molar-refractivity contribution in [3.05, 3.63) is 78.1 Å². The van der Waals surface area contributed by atoms with E-state index < -0.39 is 16.1 Å². The molecule has 13 heteroatoms. The fourth-order valence-corrected chi connectivity index (χ4v) is 6.13. The molecule has 0 aliphatic carbocycles. The number of piperazine rings is 1. The molecule has 2 heterocycles. The molecular weight excluding hydrogens is 632 g/mol. The molecule has 48 heavy (non-hydrogen) atoms. The van der Waals surface area contributed by atoms with Crippen molar-refractivity contribution in [3.8, 4) is 17.2 Å². The molecular formula is C35H42N6O6S. The molecule has 12 nitrogen and oxygen atoms in total. The maximum atomic E-state index is 13.4. The second-order valence-electron chi connectivity index (χ2n) is 12.8. The van der Waals surface area contributed by atoms with E-state index in [1.54, 1.807) is 43.5 Å². The molecule has 0 spiro atoms. The number of rotatable bonds is 9. The van der Waals surface area contributed by atoms with Gasteiger partial charge in [0.2, 0.25) is 15.9 Å². The van der Waals surface area contributed by atoms with E-state index >= 15 is 0 Å². The van der Waals surface area contributed by atoms with E-state index in [9.17, 15) is 18.0 Å². The number of nitrogens with one attached hydrogen (secondary N) is 3. The fourth-order valence-electron chi connectivity index (χ4n) is 5.58. The normalized spacial score (nSPS) is 14.0. The van der Waals surface area contributed by atoms with Gasteiger partial charge in [0, 0.05) is 62.7 Å². The lowest BCUT2D eigenvalue weighted by molar-refractivity contribution is -0.130. The highest BCUT2D eigenvalue weighted by atomic mass is 32.2. The number of carbonyl (C=O) groups is 2. The molecule has 5 rings (SSSR count). The summed E-state index contributed by atoms with van der Waals surface area (Å²) in [5.41, 5.74) is 2.41.